The maximum atomic E-state index is 12.3. The molecule has 0 spiro atoms. The number of nitro groups is 1. The van der Waals surface area contributed by atoms with E-state index in [0.29, 0.717) is 5.13 Å². The van der Waals surface area contributed by atoms with E-state index in [1.165, 1.54) is 31.6 Å². The summed E-state index contributed by atoms with van der Waals surface area (Å²) in [5.74, 6) is -0.230. The van der Waals surface area contributed by atoms with Gasteiger partial charge in [-0.05, 0) is 6.92 Å². The lowest BCUT2D eigenvalue weighted by Gasteiger charge is -2.10. The van der Waals surface area contributed by atoms with Crippen molar-refractivity contribution in [1.82, 2.24) is 4.98 Å². The second-order valence-electron chi connectivity index (χ2n) is 4.21. The number of nitro benzene ring substituents is 1. The molecule has 1 N–H and O–H groups in total. The van der Waals surface area contributed by atoms with Crippen molar-refractivity contribution in [3.63, 3.8) is 0 Å². The molecule has 0 unspecified atom stereocenters. The summed E-state index contributed by atoms with van der Waals surface area (Å²) >= 11 is 1.27. The maximum Gasteiger partial charge on any atom is 0.286 e. The summed E-state index contributed by atoms with van der Waals surface area (Å²) in [6.45, 7) is 1.84. The molecule has 0 fully saturated rings. The van der Waals surface area contributed by atoms with Crippen LogP contribution < -0.4 is 14.8 Å². The number of anilines is 1. The van der Waals surface area contributed by atoms with E-state index in [2.05, 4.69) is 10.3 Å². The highest BCUT2D eigenvalue weighted by molar-refractivity contribution is 7.15. The zero-order valence-corrected chi connectivity index (χ0v) is 12.9. The van der Waals surface area contributed by atoms with E-state index >= 15 is 0 Å². The summed E-state index contributed by atoms with van der Waals surface area (Å²) in [7, 11) is 2.75. The number of hydrogen-bond donors (Lipinski definition) is 1. The highest BCUT2D eigenvalue weighted by Gasteiger charge is 2.25. The van der Waals surface area contributed by atoms with Crippen molar-refractivity contribution in [1.29, 1.82) is 0 Å². The maximum absolute atomic E-state index is 12.3. The van der Waals surface area contributed by atoms with Gasteiger partial charge in [0.05, 0.1) is 25.2 Å². The number of thiazole rings is 1. The number of benzene rings is 1. The second-order valence-corrected chi connectivity index (χ2v) is 5.45. The van der Waals surface area contributed by atoms with Crippen LogP contribution in [-0.4, -0.2) is 30.0 Å². The molecule has 2 aromatic rings. The zero-order valence-electron chi connectivity index (χ0n) is 12.1. The van der Waals surface area contributed by atoms with Crippen molar-refractivity contribution in [3.05, 3.63) is 38.9 Å². The predicted molar refractivity (Wildman–Crippen MR) is 81.0 cm³/mol. The van der Waals surface area contributed by atoms with E-state index < -0.39 is 10.8 Å². The van der Waals surface area contributed by atoms with Gasteiger partial charge in [-0.3, -0.25) is 20.2 Å². The second kappa shape index (κ2) is 6.39. The molecule has 1 amide bonds. The molecule has 0 saturated heterocycles. The number of aryl methyl sites for hydroxylation is 1. The average molecular weight is 323 g/mol. The van der Waals surface area contributed by atoms with Gasteiger partial charge in [0.15, 0.2) is 16.6 Å². The van der Waals surface area contributed by atoms with Crippen LogP contribution in [0.2, 0.25) is 0 Å². The van der Waals surface area contributed by atoms with Crippen molar-refractivity contribution < 1.29 is 19.2 Å². The van der Waals surface area contributed by atoms with Crippen LogP contribution >= 0.6 is 11.3 Å². The van der Waals surface area contributed by atoms with Crippen LogP contribution in [0, 0.1) is 17.0 Å². The molecule has 9 heteroatoms. The fraction of sp³-hybridized carbons (Fsp3) is 0.231. The molecule has 0 saturated carbocycles. The summed E-state index contributed by atoms with van der Waals surface area (Å²) < 4.78 is 10.1. The molecule has 0 atom stereocenters. The molecule has 116 valence electrons. The summed E-state index contributed by atoms with van der Waals surface area (Å²) in [5, 5.41) is 14.1. The predicted octanol–water partition coefficient (Wildman–Crippen LogP) is 2.63. The van der Waals surface area contributed by atoms with Crippen molar-refractivity contribution >= 4 is 28.1 Å². The van der Waals surface area contributed by atoms with Gasteiger partial charge in [-0.2, -0.15) is 0 Å². The Morgan fingerprint density at radius 3 is 2.45 bits per heavy atom. The number of methoxy groups -OCH3 is 2. The topological polar surface area (TPSA) is 104 Å². The number of ether oxygens (including phenoxy) is 2. The first-order valence-electron chi connectivity index (χ1n) is 6.10. The third-order valence-electron chi connectivity index (χ3n) is 2.78. The molecule has 0 aliphatic rings. The number of carbonyl (C=O) groups is 1. The minimum atomic E-state index is -0.649. The Kier molecular flexibility index (Phi) is 4.56. The van der Waals surface area contributed by atoms with Crippen molar-refractivity contribution in [2.45, 2.75) is 6.92 Å². The lowest BCUT2D eigenvalue weighted by Crippen LogP contribution is -2.14. The number of rotatable bonds is 5. The van der Waals surface area contributed by atoms with Gasteiger partial charge in [-0.1, -0.05) is 0 Å². The Bertz CT molecular complexity index is 728. The minimum Gasteiger partial charge on any atom is -0.493 e. The molecule has 22 heavy (non-hydrogen) atoms. The van der Waals surface area contributed by atoms with Crippen LogP contribution in [-0.2, 0) is 0 Å². The molecule has 1 aromatic heterocycles. The first-order valence-corrected chi connectivity index (χ1v) is 6.92. The molecule has 0 aliphatic heterocycles. The van der Waals surface area contributed by atoms with Gasteiger partial charge < -0.3 is 9.47 Å². The monoisotopic (exact) mass is 323 g/mol. The van der Waals surface area contributed by atoms with Gasteiger partial charge in [-0.25, -0.2) is 4.98 Å². The summed E-state index contributed by atoms with van der Waals surface area (Å²) in [6, 6.07) is 2.42. The van der Waals surface area contributed by atoms with E-state index in [4.69, 9.17) is 9.47 Å². The highest BCUT2D eigenvalue weighted by Crippen LogP contribution is 2.35. The smallest absolute Gasteiger partial charge is 0.286 e. The van der Waals surface area contributed by atoms with Gasteiger partial charge in [-0.15, -0.1) is 11.3 Å². The zero-order chi connectivity index (χ0) is 16.3. The Labute approximate surface area is 129 Å². The lowest BCUT2D eigenvalue weighted by molar-refractivity contribution is -0.385. The molecule has 0 radical (unpaired) electrons. The Morgan fingerprint density at radius 1 is 1.32 bits per heavy atom. The molecule has 0 aliphatic carbocycles. The van der Waals surface area contributed by atoms with Gasteiger partial charge in [0.1, 0.15) is 5.56 Å². The van der Waals surface area contributed by atoms with E-state index in [9.17, 15) is 14.9 Å². The first kappa shape index (κ1) is 15.7. The first-order chi connectivity index (χ1) is 10.5. The van der Waals surface area contributed by atoms with E-state index in [1.807, 2.05) is 6.92 Å². The third-order valence-corrected chi connectivity index (χ3v) is 3.61. The van der Waals surface area contributed by atoms with E-state index in [1.54, 1.807) is 6.20 Å². The number of hydrogen-bond acceptors (Lipinski definition) is 7. The Balaban J connectivity index is 2.43. The molecule has 2 rings (SSSR count). The summed E-state index contributed by atoms with van der Waals surface area (Å²) in [6.07, 6.45) is 1.60. The van der Waals surface area contributed by atoms with Crippen molar-refractivity contribution in [2.24, 2.45) is 0 Å². The van der Waals surface area contributed by atoms with Crippen LogP contribution in [0.4, 0.5) is 10.8 Å². The van der Waals surface area contributed by atoms with E-state index in [0.717, 1.165) is 10.9 Å². The minimum absolute atomic E-state index is 0.129. The molecule has 1 aromatic carbocycles. The standard InChI is InChI=1S/C13H13N3O5S/c1-7-6-14-13(22-7)15-12(17)8-4-10(20-2)11(21-3)5-9(8)16(18)19/h4-6H,1-3H3,(H,14,15,17). The van der Waals surface area contributed by atoms with Crippen LogP contribution in [0.15, 0.2) is 18.3 Å². The van der Waals surface area contributed by atoms with Gasteiger partial charge >= 0.3 is 0 Å². The Hall–Kier alpha value is -2.68. The highest BCUT2D eigenvalue weighted by atomic mass is 32.1. The van der Waals surface area contributed by atoms with E-state index in [-0.39, 0.29) is 22.7 Å². The summed E-state index contributed by atoms with van der Waals surface area (Å²) in [4.78, 5) is 27.7. The van der Waals surface area contributed by atoms with Crippen LogP contribution in [0.5, 0.6) is 11.5 Å². The fourth-order valence-electron chi connectivity index (χ4n) is 1.78. The van der Waals surface area contributed by atoms with Crippen molar-refractivity contribution in [3.8, 4) is 11.5 Å². The molecular formula is C13H13N3O5S. The number of carbonyl (C=O) groups excluding carboxylic acids is 1. The van der Waals surface area contributed by atoms with Crippen LogP contribution in [0.1, 0.15) is 15.2 Å². The number of amides is 1. The number of aromatic nitrogens is 1. The lowest BCUT2D eigenvalue weighted by atomic mass is 10.1. The largest absolute Gasteiger partial charge is 0.493 e. The Morgan fingerprint density at radius 2 is 1.95 bits per heavy atom. The number of nitrogens with one attached hydrogen (secondary N) is 1. The summed E-state index contributed by atoms with van der Waals surface area (Å²) in [5.41, 5.74) is -0.501. The van der Waals surface area contributed by atoms with Gasteiger partial charge in [0.25, 0.3) is 11.6 Å². The van der Waals surface area contributed by atoms with Gasteiger partial charge in [0, 0.05) is 17.1 Å². The third kappa shape index (κ3) is 3.14. The fourth-order valence-corrected chi connectivity index (χ4v) is 2.44. The van der Waals surface area contributed by atoms with Crippen LogP contribution in [0.25, 0.3) is 0 Å². The van der Waals surface area contributed by atoms with Crippen molar-refractivity contribution in [2.75, 3.05) is 19.5 Å². The SMILES string of the molecule is COc1cc(C(=O)Nc2ncc(C)s2)c([N+](=O)[O-])cc1OC. The molecule has 0 bridgehead atoms. The quantitative estimate of drug-likeness (QED) is 0.670. The number of nitrogens with zero attached hydrogens (tertiary/aromatic N) is 2. The van der Waals surface area contributed by atoms with Gasteiger partial charge in [0.2, 0.25) is 0 Å². The average Bonchev–Trinajstić information content (AvgIpc) is 2.90. The van der Waals surface area contributed by atoms with Crippen LogP contribution in [0.3, 0.4) is 0 Å². The molecule has 1 heterocycles. The molecular weight excluding hydrogens is 310 g/mol. The molecule has 8 nitrogen and oxygen atoms in total. The normalized spacial score (nSPS) is 10.1.